The minimum Gasteiger partial charge on any atom is -0.497 e. The first kappa shape index (κ1) is 21.6. The highest BCUT2D eigenvalue weighted by atomic mass is 79.9. The molecule has 8 heteroatoms. The van der Waals surface area contributed by atoms with Crippen molar-refractivity contribution in [1.82, 2.24) is 10.3 Å². The van der Waals surface area contributed by atoms with E-state index in [4.69, 9.17) is 21.4 Å². The average Bonchev–Trinajstić information content (AvgIpc) is 3.44. The predicted octanol–water partition coefficient (Wildman–Crippen LogP) is 6.43. The number of nitrogens with zero attached hydrogens (tertiary/aromatic N) is 2. The lowest BCUT2D eigenvalue weighted by molar-refractivity contribution is 0.414. The summed E-state index contributed by atoms with van der Waals surface area (Å²) in [5, 5.41) is 3.98. The molecule has 0 amide bonds. The van der Waals surface area contributed by atoms with Gasteiger partial charge >= 0.3 is 0 Å². The Balaban J connectivity index is 1.59. The quantitative estimate of drug-likeness (QED) is 0.304. The van der Waals surface area contributed by atoms with Crippen LogP contribution in [-0.2, 0) is 0 Å². The third kappa shape index (κ3) is 4.12. The Morgan fingerprint density at radius 1 is 1.09 bits per heavy atom. The van der Waals surface area contributed by atoms with Gasteiger partial charge in [0.25, 0.3) is 0 Å². The number of ether oxygens (including phenoxy) is 1. The topological polar surface area (TPSA) is 50.5 Å². The molecule has 0 aliphatic carbocycles. The number of nitrogens with one attached hydrogen (secondary N) is 1. The lowest BCUT2D eigenvalue weighted by atomic mass is 10.0. The molecule has 4 aromatic rings. The standard InChI is InChI=1S/C25H19BrFN3O2S/c1-31-17-8-6-16(7-9-17)30-24(23(29-25(30)33)20-4-2-3-13-28-20)22-12-11-21(32-22)18-10-5-15(27)14-19(18)26/h2-14,23-24H,1H3,(H,29,33). The van der Waals surface area contributed by atoms with Crippen LogP contribution in [0.3, 0.4) is 0 Å². The molecule has 1 aliphatic rings. The highest BCUT2D eigenvalue weighted by molar-refractivity contribution is 9.10. The summed E-state index contributed by atoms with van der Waals surface area (Å²) < 4.78 is 25.8. The maximum absolute atomic E-state index is 13.6. The lowest BCUT2D eigenvalue weighted by Crippen LogP contribution is -2.29. The third-order valence-corrected chi connectivity index (χ3v) is 6.53. The summed E-state index contributed by atoms with van der Waals surface area (Å²) in [6.45, 7) is 0. The Morgan fingerprint density at radius 3 is 2.61 bits per heavy atom. The van der Waals surface area contributed by atoms with Crippen molar-refractivity contribution in [2.75, 3.05) is 12.0 Å². The second kappa shape index (κ2) is 8.96. The van der Waals surface area contributed by atoms with Crippen LogP contribution >= 0.6 is 28.1 Å². The number of hydrogen-bond donors (Lipinski definition) is 1. The van der Waals surface area contributed by atoms with Crippen LogP contribution in [0.5, 0.6) is 5.75 Å². The van der Waals surface area contributed by atoms with Gasteiger partial charge in [-0.3, -0.25) is 4.98 Å². The zero-order chi connectivity index (χ0) is 22.9. The number of pyridine rings is 1. The van der Waals surface area contributed by atoms with Crippen molar-refractivity contribution in [3.63, 3.8) is 0 Å². The second-order valence-electron chi connectivity index (χ2n) is 7.52. The summed E-state index contributed by atoms with van der Waals surface area (Å²) in [4.78, 5) is 6.58. The number of rotatable bonds is 5. The minimum atomic E-state index is -0.316. The number of benzene rings is 2. The highest BCUT2D eigenvalue weighted by Gasteiger charge is 2.42. The highest BCUT2D eigenvalue weighted by Crippen LogP contribution is 2.43. The molecule has 1 fully saturated rings. The number of anilines is 1. The van der Waals surface area contributed by atoms with Gasteiger partial charge < -0.3 is 19.4 Å². The first-order valence-corrected chi connectivity index (χ1v) is 11.4. The minimum absolute atomic E-state index is 0.225. The van der Waals surface area contributed by atoms with Crippen molar-refractivity contribution in [2.24, 2.45) is 0 Å². The molecule has 0 saturated carbocycles. The Hall–Kier alpha value is -3.23. The fourth-order valence-corrected chi connectivity index (χ4v) is 4.90. The van der Waals surface area contributed by atoms with Crippen molar-refractivity contribution in [3.05, 3.63) is 101 Å². The molecule has 5 nitrogen and oxygen atoms in total. The number of hydrogen-bond acceptors (Lipinski definition) is 4. The van der Waals surface area contributed by atoms with Gasteiger partial charge in [0.2, 0.25) is 0 Å². The number of furan rings is 1. The summed E-state index contributed by atoms with van der Waals surface area (Å²) in [5.41, 5.74) is 2.51. The fraction of sp³-hybridized carbons (Fsp3) is 0.120. The largest absolute Gasteiger partial charge is 0.497 e. The monoisotopic (exact) mass is 523 g/mol. The van der Waals surface area contributed by atoms with Gasteiger partial charge in [0.1, 0.15) is 29.1 Å². The number of thiocarbonyl (C=S) groups is 1. The van der Waals surface area contributed by atoms with E-state index in [-0.39, 0.29) is 17.9 Å². The summed E-state index contributed by atoms with van der Waals surface area (Å²) in [6, 6.07) is 21.3. The molecule has 2 atom stereocenters. The summed E-state index contributed by atoms with van der Waals surface area (Å²) in [7, 11) is 1.63. The van der Waals surface area contributed by atoms with Crippen LogP contribution in [0.15, 0.2) is 87.9 Å². The van der Waals surface area contributed by atoms with Crippen LogP contribution in [0.1, 0.15) is 23.5 Å². The van der Waals surface area contributed by atoms with E-state index in [1.54, 1.807) is 19.4 Å². The molecular formula is C25H19BrFN3O2S. The van der Waals surface area contributed by atoms with E-state index < -0.39 is 0 Å². The maximum atomic E-state index is 13.6. The smallest absolute Gasteiger partial charge is 0.174 e. The van der Waals surface area contributed by atoms with Gasteiger partial charge in [-0.25, -0.2) is 4.39 Å². The van der Waals surface area contributed by atoms with Crippen molar-refractivity contribution in [2.45, 2.75) is 12.1 Å². The van der Waals surface area contributed by atoms with Crippen LogP contribution in [0, 0.1) is 5.82 Å². The average molecular weight is 524 g/mol. The van der Waals surface area contributed by atoms with E-state index in [9.17, 15) is 4.39 Å². The molecule has 0 spiro atoms. The van der Waals surface area contributed by atoms with Gasteiger partial charge in [0.05, 0.1) is 18.8 Å². The van der Waals surface area contributed by atoms with Gasteiger partial charge in [0, 0.05) is 21.9 Å². The van der Waals surface area contributed by atoms with E-state index >= 15 is 0 Å². The molecule has 1 N–H and O–H groups in total. The zero-order valence-corrected chi connectivity index (χ0v) is 19.9. The van der Waals surface area contributed by atoms with E-state index in [1.807, 2.05) is 59.5 Å². The number of methoxy groups -OCH3 is 1. The molecule has 2 aromatic carbocycles. The van der Waals surface area contributed by atoms with Gasteiger partial charge in [-0.05, 0) is 94.9 Å². The molecule has 1 aliphatic heterocycles. The molecule has 2 aromatic heterocycles. The molecule has 1 saturated heterocycles. The first-order valence-electron chi connectivity index (χ1n) is 10.2. The molecule has 33 heavy (non-hydrogen) atoms. The first-order chi connectivity index (χ1) is 16.0. The van der Waals surface area contributed by atoms with Crippen molar-refractivity contribution < 1.29 is 13.5 Å². The third-order valence-electron chi connectivity index (χ3n) is 5.56. The lowest BCUT2D eigenvalue weighted by Gasteiger charge is -2.26. The molecule has 166 valence electrons. The van der Waals surface area contributed by atoms with Crippen molar-refractivity contribution >= 4 is 38.9 Å². The maximum Gasteiger partial charge on any atom is 0.174 e. The van der Waals surface area contributed by atoms with Gasteiger partial charge in [-0.1, -0.05) is 6.07 Å². The zero-order valence-electron chi connectivity index (χ0n) is 17.5. The molecule has 2 unspecified atom stereocenters. The van der Waals surface area contributed by atoms with Crippen molar-refractivity contribution in [1.29, 1.82) is 0 Å². The molecular weight excluding hydrogens is 505 g/mol. The molecule has 0 bridgehead atoms. The van der Waals surface area contributed by atoms with Crippen molar-refractivity contribution in [3.8, 4) is 17.1 Å². The Labute approximate surface area is 204 Å². The van der Waals surface area contributed by atoms with E-state index in [1.165, 1.54) is 12.1 Å². The summed E-state index contributed by atoms with van der Waals surface area (Å²) in [6.07, 6.45) is 1.76. The predicted molar refractivity (Wildman–Crippen MR) is 133 cm³/mol. The molecule has 5 rings (SSSR count). The Morgan fingerprint density at radius 2 is 1.91 bits per heavy atom. The Kier molecular flexibility index (Phi) is 5.86. The second-order valence-corrected chi connectivity index (χ2v) is 8.76. The van der Waals surface area contributed by atoms with Crippen LogP contribution in [0.2, 0.25) is 0 Å². The summed E-state index contributed by atoms with van der Waals surface area (Å²) >= 11 is 9.17. The van der Waals surface area contributed by atoms with Crippen LogP contribution in [0.4, 0.5) is 10.1 Å². The van der Waals surface area contributed by atoms with E-state index in [0.29, 0.717) is 21.1 Å². The summed E-state index contributed by atoms with van der Waals surface area (Å²) in [5.74, 6) is 1.78. The Bertz CT molecular complexity index is 1300. The van der Waals surface area contributed by atoms with Crippen LogP contribution < -0.4 is 15.0 Å². The van der Waals surface area contributed by atoms with Gasteiger partial charge in [-0.2, -0.15) is 0 Å². The van der Waals surface area contributed by atoms with Gasteiger partial charge in [0.15, 0.2) is 5.11 Å². The van der Waals surface area contributed by atoms with Crippen LogP contribution in [-0.4, -0.2) is 17.2 Å². The molecule has 3 heterocycles. The van der Waals surface area contributed by atoms with E-state index in [2.05, 4.69) is 26.2 Å². The van der Waals surface area contributed by atoms with Gasteiger partial charge in [-0.15, -0.1) is 0 Å². The molecule has 0 radical (unpaired) electrons. The number of aromatic nitrogens is 1. The fourth-order valence-electron chi connectivity index (χ4n) is 4.01. The van der Waals surface area contributed by atoms with E-state index in [0.717, 1.165) is 22.7 Å². The normalized spacial score (nSPS) is 17.8. The van der Waals surface area contributed by atoms with Crippen LogP contribution in [0.25, 0.3) is 11.3 Å². The number of halogens is 2. The SMILES string of the molecule is COc1ccc(N2C(=S)NC(c3ccccn3)C2c2ccc(-c3ccc(F)cc3Br)o2)cc1.